The molecule has 2 heterocycles. The largest absolute Gasteiger partial charge is 0.447 e. The molecule has 9 nitrogen and oxygen atoms in total. The first-order valence-electron chi connectivity index (χ1n) is 12.0. The number of para-hydroxylation sites is 1. The molecular formula is C25H27N5O4S. The number of carbonyl (C=O) groups excluding carboxylic acids is 1. The lowest BCUT2D eigenvalue weighted by molar-refractivity contribution is 0.172. The first-order valence-corrected chi connectivity index (χ1v) is 13.7. The van der Waals surface area contributed by atoms with Gasteiger partial charge in [-0.2, -0.15) is 4.68 Å². The smallest absolute Gasteiger partial charge is 0.407 e. The van der Waals surface area contributed by atoms with Crippen molar-refractivity contribution < 1.29 is 17.9 Å². The van der Waals surface area contributed by atoms with Gasteiger partial charge in [0.2, 0.25) is 9.84 Å². The molecule has 1 aromatic heterocycles. The first kappa shape index (κ1) is 22.2. The van der Waals surface area contributed by atoms with Crippen LogP contribution in [0.4, 0.5) is 4.79 Å². The molecule has 10 heteroatoms. The normalized spacial score (nSPS) is 25.9. The fourth-order valence-electron chi connectivity index (χ4n) is 5.88. The predicted octanol–water partition coefficient (Wildman–Crippen LogP) is 2.99. The summed E-state index contributed by atoms with van der Waals surface area (Å²) in [6, 6.07) is 15.7. The molecule has 1 aliphatic heterocycles. The van der Waals surface area contributed by atoms with Gasteiger partial charge in [-0.05, 0) is 89.6 Å². The number of ether oxygens (including phenoxy) is 1. The number of benzene rings is 2. The van der Waals surface area contributed by atoms with Crippen LogP contribution in [-0.2, 0) is 27.4 Å². The van der Waals surface area contributed by atoms with Gasteiger partial charge in [0, 0.05) is 0 Å². The van der Waals surface area contributed by atoms with Crippen LogP contribution in [0.3, 0.4) is 0 Å². The van der Waals surface area contributed by atoms with Crippen LogP contribution in [0.5, 0.6) is 0 Å². The van der Waals surface area contributed by atoms with E-state index in [9.17, 15) is 13.2 Å². The Kier molecular flexibility index (Phi) is 5.36. The van der Waals surface area contributed by atoms with Crippen LogP contribution in [0.1, 0.15) is 48.3 Å². The fourth-order valence-corrected chi connectivity index (χ4v) is 7.50. The molecule has 2 aromatic carbocycles. The highest BCUT2D eigenvalue weighted by atomic mass is 32.2. The van der Waals surface area contributed by atoms with E-state index in [-0.39, 0.29) is 28.5 Å². The molecule has 0 radical (unpaired) electrons. The lowest BCUT2D eigenvalue weighted by Gasteiger charge is -2.26. The quantitative estimate of drug-likeness (QED) is 0.581. The Morgan fingerprint density at radius 1 is 1.11 bits per heavy atom. The van der Waals surface area contributed by atoms with E-state index >= 15 is 0 Å². The van der Waals surface area contributed by atoms with Crippen molar-refractivity contribution >= 4 is 15.9 Å². The van der Waals surface area contributed by atoms with Crippen molar-refractivity contribution in [3.05, 3.63) is 65.2 Å². The predicted molar refractivity (Wildman–Crippen MR) is 127 cm³/mol. The second-order valence-corrected chi connectivity index (χ2v) is 12.0. The summed E-state index contributed by atoms with van der Waals surface area (Å²) in [5.41, 5.74) is 4.22. The van der Waals surface area contributed by atoms with Gasteiger partial charge in [-0.1, -0.05) is 41.5 Å². The molecule has 182 valence electrons. The Morgan fingerprint density at radius 3 is 2.77 bits per heavy atom. The molecule has 1 saturated heterocycles. The number of fused-ring (bicyclic) bond motifs is 1. The number of aromatic nitrogens is 4. The molecule has 1 spiro atoms. The molecule has 6 rings (SSSR count). The van der Waals surface area contributed by atoms with E-state index in [2.05, 4.69) is 39.0 Å². The summed E-state index contributed by atoms with van der Waals surface area (Å²) in [6.07, 6.45) is 4.93. The van der Waals surface area contributed by atoms with E-state index in [0.717, 1.165) is 38.5 Å². The van der Waals surface area contributed by atoms with Crippen molar-refractivity contribution in [2.24, 2.45) is 5.92 Å². The molecule has 35 heavy (non-hydrogen) atoms. The minimum absolute atomic E-state index is 0.0138. The second kappa shape index (κ2) is 8.44. The zero-order valence-electron chi connectivity index (χ0n) is 19.3. The van der Waals surface area contributed by atoms with E-state index in [0.29, 0.717) is 18.2 Å². The van der Waals surface area contributed by atoms with Gasteiger partial charge >= 0.3 is 6.09 Å². The number of tetrazole rings is 1. The number of rotatable bonds is 5. The van der Waals surface area contributed by atoms with Crippen LogP contribution in [0.15, 0.2) is 53.7 Å². The zero-order valence-corrected chi connectivity index (χ0v) is 20.1. The number of hydrogen-bond donors (Lipinski definition) is 1. The van der Waals surface area contributed by atoms with Crippen molar-refractivity contribution in [2.75, 3.05) is 12.4 Å². The van der Waals surface area contributed by atoms with Crippen molar-refractivity contribution in [3.63, 3.8) is 0 Å². The highest BCUT2D eigenvalue weighted by Gasteiger charge is 2.46. The maximum absolute atomic E-state index is 13.2. The maximum Gasteiger partial charge on any atom is 0.407 e. The van der Waals surface area contributed by atoms with Gasteiger partial charge in [-0.3, -0.25) is 0 Å². The van der Waals surface area contributed by atoms with Crippen molar-refractivity contribution in [1.29, 1.82) is 0 Å². The summed E-state index contributed by atoms with van der Waals surface area (Å²) < 4.78 is 32.9. The lowest BCUT2D eigenvalue weighted by atomic mass is 9.82. The van der Waals surface area contributed by atoms with Crippen molar-refractivity contribution in [2.45, 2.75) is 55.1 Å². The fraction of sp³-hybridized carbons (Fsp3) is 0.440. The van der Waals surface area contributed by atoms with Gasteiger partial charge in [0.05, 0.1) is 17.0 Å². The zero-order chi connectivity index (χ0) is 24.0. The molecule has 3 aromatic rings. The number of carbonyl (C=O) groups is 1. The Morgan fingerprint density at radius 2 is 1.97 bits per heavy atom. The number of aryl methyl sites for hydroxylation is 1. The maximum atomic E-state index is 13.2. The molecule has 3 atom stereocenters. The topological polar surface area (TPSA) is 116 Å². The van der Waals surface area contributed by atoms with Crippen molar-refractivity contribution in [3.8, 4) is 5.69 Å². The number of alkyl carbamates (subject to hydrolysis) is 1. The van der Waals surface area contributed by atoms with Gasteiger partial charge in [0.25, 0.3) is 5.16 Å². The number of nitrogens with one attached hydrogen (secondary N) is 1. The van der Waals surface area contributed by atoms with Crippen LogP contribution >= 0.6 is 0 Å². The molecule has 2 fully saturated rings. The minimum Gasteiger partial charge on any atom is -0.447 e. The van der Waals surface area contributed by atoms with Crippen LogP contribution in [0.2, 0.25) is 0 Å². The SMILES string of the molecule is O=C1N[C@@]2(CCC(c3ccc4c(c3)CC[C@@H](CS(=O)(=O)c3nnnn3-c3ccccc3)C4)C2)CO1. The van der Waals surface area contributed by atoms with E-state index in [4.69, 9.17) is 4.74 Å². The van der Waals surface area contributed by atoms with Crippen molar-refractivity contribution in [1.82, 2.24) is 25.5 Å². The molecule has 1 N–H and O–H groups in total. The number of amides is 1. The third kappa shape index (κ3) is 4.20. The van der Waals surface area contributed by atoms with E-state index in [1.165, 1.54) is 21.4 Å². The average Bonchev–Trinajstić information content (AvgIpc) is 3.60. The summed E-state index contributed by atoms with van der Waals surface area (Å²) >= 11 is 0. The summed E-state index contributed by atoms with van der Waals surface area (Å²) in [7, 11) is -3.66. The first-order chi connectivity index (χ1) is 16.9. The lowest BCUT2D eigenvalue weighted by Crippen LogP contribution is -2.40. The highest BCUT2D eigenvalue weighted by Crippen LogP contribution is 2.43. The summed E-state index contributed by atoms with van der Waals surface area (Å²) in [4.78, 5) is 11.5. The van der Waals surface area contributed by atoms with E-state index in [1.807, 2.05) is 18.2 Å². The third-order valence-electron chi connectivity index (χ3n) is 7.66. The highest BCUT2D eigenvalue weighted by molar-refractivity contribution is 7.91. The van der Waals surface area contributed by atoms with Gasteiger partial charge in [-0.25, -0.2) is 13.2 Å². The van der Waals surface area contributed by atoms with E-state index in [1.54, 1.807) is 12.1 Å². The Bertz CT molecular complexity index is 1370. The van der Waals surface area contributed by atoms with Gasteiger partial charge < -0.3 is 10.1 Å². The number of hydrogen-bond acceptors (Lipinski definition) is 7. The van der Waals surface area contributed by atoms with Crippen LogP contribution < -0.4 is 5.32 Å². The number of sulfone groups is 1. The van der Waals surface area contributed by atoms with Crippen LogP contribution in [-0.4, -0.2) is 52.6 Å². The second-order valence-electron chi connectivity index (χ2n) is 10.0. The number of nitrogens with zero attached hydrogens (tertiary/aromatic N) is 4. The molecule has 1 saturated carbocycles. The molecule has 0 bridgehead atoms. The average molecular weight is 494 g/mol. The van der Waals surface area contributed by atoms with Crippen LogP contribution in [0, 0.1) is 5.92 Å². The molecule has 1 amide bonds. The summed E-state index contributed by atoms with van der Waals surface area (Å²) in [6.45, 7) is 0.455. The monoisotopic (exact) mass is 493 g/mol. The third-order valence-corrected chi connectivity index (χ3v) is 9.38. The van der Waals surface area contributed by atoms with Gasteiger partial charge in [0.1, 0.15) is 6.61 Å². The standard InChI is InChI=1S/C25H27N5O4S/c31-24-26-25(16-34-24)11-10-21(14-25)20-9-8-18-12-17(6-7-19(18)13-20)15-35(32,33)23-27-28-29-30(23)22-4-2-1-3-5-22/h1-5,8-9,13,17,21H,6-7,10-12,14-16H2,(H,26,31)/t17-,21?,25-/m1/s1. The van der Waals surface area contributed by atoms with Gasteiger partial charge in [0.15, 0.2) is 0 Å². The van der Waals surface area contributed by atoms with Crippen LogP contribution in [0.25, 0.3) is 5.69 Å². The Hall–Kier alpha value is -3.27. The Balaban J connectivity index is 1.15. The molecular weight excluding hydrogens is 466 g/mol. The number of cyclic esters (lactones) is 1. The minimum atomic E-state index is -3.66. The summed E-state index contributed by atoms with van der Waals surface area (Å²) in [5, 5.41) is 14.3. The molecule has 1 unspecified atom stereocenters. The van der Waals surface area contributed by atoms with Gasteiger partial charge in [-0.15, -0.1) is 0 Å². The Labute approximate surface area is 203 Å². The molecule has 2 aliphatic carbocycles. The summed E-state index contributed by atoms with van der Waals surface area (Å²) in [5.74, 6) is 0.434. The van der Waals surface area contributed by atoms with E-state index < -0.39 is 9.84 Å². The molecule has 3 aliphatic rings.